The van der Waals surface area contributed by atoms with Gasteiger partial charge >= 0.3 is 0 Å². The van der Waals surface area contributed by atoms with Crippen molar-refractivity contribution >= 4 is 24.9 Å². The Morgan fingerprint density at radius 3 is 2.36 bits per heavy atom. The smallest absolute Gasteiger partial charge is 0.0843 e. The molecule has 0 aliphatic rings. The van der Waals surface area contributed by atoms with E-state index in [2.05, 4.69) is 20.0 Å². The Kier molecular flexibility index (Phi) is 2.60. The lowest BCUT2D eigenvalue weighted by atomic mass is 9.87. The standard InChI is InChI=1S/C12H10BCl/c13-12-7-6-10(14)8-11(12)9-4-2-1-3-5-9/h1-8H,13H2. The molecule has 0 spiro atoms. The van der Waals surface area contributed by atoms with Crippen molar-refractivity contribution in [2.45, 2.75) is 0 Å². The van der Waals surface area contributed by atoms with Gasteiger partial charge in [-0.15, -0.1) is 0 Å². The molecule has 0 heterocycles. The fourth-order valence-corrected chi connectivity index (χ4v) is 1.70. The molecule has 2 rings (SSSR count). The van der Waals surface area contributed by atoms with E-state index in [0.29, 0.717) is 0 Å². The molecule has 0 amide bonds. The zero-order chi connectivity index (χ0) is 9.97. The van der Waals surface area contributed by atoms with Gasteiger partial charge in [0.25, 0.3) is 0 Å². The third-order valence-electron chi connectivity index (χ3n) is 2.28. The van der Waals surface area contributed by atoms with Crippen LogP contribution in [0.1, 0.15) is 0 Å². The Bertz CT molecular complexity index is 437. The van der Waals surface area contributed by atoms with Gasteiger partial charge in [-0.05, 0) is 23.3 Å². The highest BCUT2D eigenvalue weighted by Gasteiger charge is 2.00. The van der Waals surface area contributed by atoms with E-state index in [1.54, 1.807) is 0 Å². The van der Waals surface area contributed by atoms with Gasteiger partial charge in [0.05, 0.1) is 0 Å². The first-order chi connectivity index (χ1) is 6.77. The highest BCUT2D eigenvalue weighted by molar-refractivity contribution is 6.37. The summed E-state index contributed by atoms with van der Waals surface area (Å²) in [5.74, 6) is 0. The molecule has 0 bridgehead atoms. The zero-order valence-corrected chi connectivity index (χ0v) is 8.75. The van der Waals surface area contributed by atoms with Crippen molar-refractivity contribution in [1.82, 2.24) is 0 Å². The second kappa shape index (κ2) is 3.89. The number of halogens is 1. The largest absolute Gasteiger partial charge is 0.140 e. The maximum Gasteiger partial charge on any atom is 0.140 e. The summed E-state index contributed by atoms with van der Waals surface area (Å²) in [6, 6.07) is 16.3. The summed E-state index contributed by atoms with van der Waals surface area (Å²) >= 11 is 5.97. The molecule has 0 aromatic heterocycles. The average Bonchev–Trinajstić information content (AvgIpc) is 2.23. The lowest BCUT2D eigenvalue weighted by molar-refractivity contribution is 1.65. The van der Waals surface area contributed by atoms with Gasteiger partial charge in [-0.2, -0.15) is 0 Å². The van der Waals surface area contributed by atoms with E-state index >= 15 is 0 Å². The van der Waals surface area contributed by atoms with Crippen molar-refractivity contribution in [3.05, 3.63) is 53.6 Å². The van der Waals surface area contributed by atoms with Crippen LogP contribution in [0.25, 0.3) is 11.1 Å². The number of hydrogen-bond donors (Lipinski definition) is 0. The Morgan fingerprint density at radius 1 is 0.929 bits per heavy atom. The minimum Gasteiger partial charge on any atom is -0.0843 e. The van der Waals surface area contributed by atoms with E-state index in [9.17, 15) is 0 Å². The van der Waals surface area contributed by atoms with Gasteiger partial charge in [-0.1, -0.05) is 53.5 Å². The summed E-state index contributed by atoms with van der Waals surface area (Å²) in [5, 5.41) is 0.787. The summed E-state index contributed by atoms with van der Waals surface area (Å²) in [7, 11) is 2.10. The summed E-state index contributed by atoms with van der Waals surface area (Å²) in [6.45, 7) is 0. The van der Waals surface area contributed by atoms with Crippen LogP contribution < -0.4 is 5.46 Å². The molecule has 0 nitrogen and oxygen atoms in total. The van der Waals surface area contributed by atoms with Crippen LogP contribution in [-0.2, 0) is 0 Å². The Balaban J connectivity index is 2.57. The van der Waals surface area contributed by atoms with Gasteiger partial charge in [0.1, 0.15) is 7.85 Å². The van der Waals surface area contributed by atoms with Crippen molar-refractivity contribution < 1.29 is 0 Å². The molecule has 0 fully saturated rings. The van der Waals surface area contributed by atoms with Crippen LogP contribution in [0.3, 0.4) is 0 Å². The molecule has 0 atom stereocenters. The van der Waals surface area contributed by atoms with Crippen molar-refractivity contribution in [2.75, 3.05) is 0 Å². The Labute approximate surface area is 89.9 Å². The predicted octanol–water partition coefficient (Wildman–Crippen LogP) is 2.27. The van der Waals surface area contributed by atoms with Crippen LogP contribution in [0.15, 0.2) is 48.5 Å². The molecule has 14 heavy (non-hydrogen) atoms. The van der Waals surface area contributed by atoms with Crippen molar-refractivity contribution in [1.29, 1.82) is 0 Å². The van der Waals surface area contributed by atoms with Crippen molar-refractivity contribution in [3.8, 4) is 11.1 Å². The highest BCUT2D eigenvalue weighted by Crippen LogP contribution is 2.19. The third kappa shape index (κ3) is 1.83. The second-order valence-electron chi connectivity index (χ2n) is 3.33. The molecular weight excluding hydrogens is 190 g/mol. The monoisotopic (exact) mass is 200 g/mol. The molecule has 68 valence electrons. The van der Waals surface area contributed by atoms with Crippen LogP contribution in [-0.4, -0.2) is 7.85 Å². The van der Waals surface area contributed by atoms with E-state index < -0.39 is 0 Å². The first kappa shape index (κ1) is 9.35. The van der Waals surface area contributed by atoms with Gasteiger partial charge in [0, 0.05) is 5.02 Å². The van der Waals surface area contributed by atoms with Gasteiger partial charge < -0.3 is 0 Å². The molecule has 2 aromatic rings. The van der Waals surface area contributed by atoms with Crippen LogP contribution in [0, 0.1) is 0 Å². The first-order valence-corrected chi connectivity index (χ1v) is 4.97. The molecule has 0 aliphatic heterocycles. The topological polar surface area (TPSA) is 0 Å². The highest BCUT2D eigenvalue weighted by atomic mass is 35.5. The van der Waals surface area contributed by atoms with Crippen molar-refractivity contribution in [3.63, 3.8) is 0 Å². The fraction of sp³-hybridized carbons (Fsp3) is 0. The maximum atomic E-state index is 5.97. The second-order valence-corrected chi connectivity index (χ2v) is 3.76. The SMILES string of the molecule is Bc1ccc(Cl)cc1-c1ccccc1. The van der Waals surface area contributed by atoms with E-state index in [-0.39, 0.29) is 0 Å². The molecule has 2 aromatic carbocycles. The minimum atomic E-state index is 0.787. The molecular formula is C12H10BCl. The molecule has 0 radical (unpaired) electrons. The quantitative estimate of drug-likeness (QED) is 0.620. The fourth-order valence-electron chi connectivity index (χ4n) is 1.52. The van der Waals surface area contributed by atoms with Crippen LogP contribution >= 0.6 is 11.6 Å². The molecule has 0 saturated heterocycles. The zero-order valence-electron chi connectivity index (χ0n) is 8.00. The Morgan fingerprint density at radius 2 is 1.64 bits per heavy atom. The van der Waals surface area contributed by atoms with Gasteiger partial charge in [-0.25, -0.2) is 0 Å². The lowest BCUT2D eigenvalue weighted by Crippen LogP contribution is -2.05. The normalized spacial score (nSPS) is 10.1. The van der Waals surface area contributed by atoms with Gasteiger partial charge in [-0.3, -0.25) is 0 Å². The van der Waals surface area contributed by atoms with Crippen LogP contribution in [0.4, 0.5) is 0 Å². The van der Waals surface area contributed by atoms with Crippen molar-refractivity contribution in [2.24, 2.45) is 0 Å². The summed E-state index contributed by atoms with van der Waals surface area (Å²) in [5.41, 5.74) is 3.67. The molecule has 0 N–H and O–H groups in total. The average molecular weight is 200 g/mol. The summed E-state index contributed by atoms with van der Waals surface area (Å²) in [6.07, 6.45) is 0. The van der Waals surface area contributed by atoms with E-state index in [1.165, 1.54) is 16.6 Å². The van der Waals surface area contributed by atoms with Gasteiger partial charge in [0.15, 0.2) is 0 Å². The number of rotatable bonds is 1. The van der Waals surface area contributed by atoms with Crippen LogP contribution in [0.2, 0.25) is 5.02 Å². The van der Waals surface area contributed by atoms with Crippen LogP contribution in [0.5, 0.6) is 0 Å². The summed E-state index contributed by atoms with van der Waals surface area (Å²) in [4.78, 5) is 0. The molecule has 2 heteroatoms. The third-order valence-corrected chi connectivity index (χ3v) is 2.52. The lowest BCUT2D eigenvalue weighted by Gasteiger charge is -2.06. The number of hydrogen-bond acceptors (Lipinski definition) is 0. The van der Waals surface area contributed by atoms with E-state index in [0.717, 1.165) is 5.02 Å². The number of benzene rings is 2. The molecule has 0 saturated carbocycles. The van der Waals surface area contributed by atoms with E-state index in [1.807, 2.05) is 36.4 Å². The maximum absolute atomic E-state index is 5.97. The summed E-state index contributed by atoms with van der Waals surface area (Å²) < 4.78 is 0. The van der Waals surface area contributed by atoms with Gasteiger partial charge in [0.2, 0.25) is 0 Å². The minimum absolute atomic E-state index is 0.787. The van der Waals surface area contributed by atoms with E-state index in [4.69, 9.17) is 11.6 Å². The first-order valence-electron chi connectivity index (χ1n) is 4.59. The predicted molar refractivity (Wildman–Crippen MR) is 65.1 cm³/mol. The Hall–Kier alpha value is -1.21. The molecule has 0 unspecified atom stereocenters. The molecule has 0 aliphatic carbocycles.